The zero-order valence-electron chi connectivity index (χ0n) is 20.6. The van der Waals surface area contributed by atoms with Gasteiger partial charge in [0.25, 0.3) is 0 Å². The lowest BCUT2D eigenvalue weighted by atomic mass is 9.72. The third kappa shape index (κ3) is 5.20. The van der Waals surface area contributed by atoms with Gasteiger partial charge in [-0.05, 0) is 49.5 Å². The van der Waals surface area contributed by atoms with E-state index in [9.17, 15) is 14.7 Å². The van der Waals surface area contributed by atoms with Crippen LogP contribution < -0.4 is 0 Å². The Morgan fingerprint density at radius 2 is 1.33 bits per heavy atom. The first kappa shape index (κ1) is 25.6. The minimum atomic E-state index is -1.89. The summed E-state index contributed by atoms with van der Waals surface area (Å²) in [6, 6.07) is 27.5. The molecule has 0 saturated carbocycles. The van der Waals surface area contributed by atoms with Crippen LogP contribution in [0.2, 0.25) is 0 Å². The van der Waals surface area contributed by atoms with Crippen molar-refractivity contribution in [3.63, 3.8) is 0 Å². The number of ether oxygens (including phenoxy) is 2. The molecule has 6 nitrogen and oxygen atoms in total. The van der Waals surface area contributed by atoms with Gasteiger partial charge in [-0.2, -0.15) is 0 Å². The highest BCUT2D eigenvalue weighted by Gasteiger charge is 2.44. The van der Waals surface area contributed by atoms with Gasteiger partial charge in [-0.25, -0.2) is 4.79 Å². The van der Waals surface area contributed by atoms with E-state index in [1.807, 2.05) is 49.4 Å². The van der Waals surface area contributed by atoms with Crippen molar-refractivity contribution < 1.29 is 24.2 Å². The SMILES string of the molecule is CCOC(=O)C1(c2ccccc2)CCN(CCOC(=O)C(O)(c2ccccc2)c2ccccc2)CC1. The molecule has 3 aromatic carbocycles. The number of nitrogens with zero attached hydrogens (tertiary/aromatic N) is 1. The van der Waals surface area contributed by atoms with Gasteiger partial charge in [0, 0.05) is 6.54 Å². The van der Waals surface area contributed by atoms with Gasteiger partial charge in [0.05, 0.1) is 12.0 Å². The molecule has 0 radical (unpaired) electrons. The number of aliphatic hydroxyl groups is 1. The van der Waals surface area contributed by atoms with Crippen LogP contribution >= 0.6 is 0 Å². The fourth-order valence-corrected chi connectivity index (χ4v) is 4.93. The van der Waals surface area contributed by atoms with E-state index in [-0.39, 0.29) is 12.6 Å². The molecule has 1 fully saturated rings. The molecule has 1 heterocycles. The second-order valence-corrected chi connectivity index (χ2v) is 9.09. The van der Waals surface area contributed by atoms with E-state index < -0.39 is 17.0 Å². The predicted octanol–water partition coefficient (Wildman–Crippen LogP) is 4.06. The summed E-state index contributed by atoms with van der Waals surface area (Å²) in [7, 11) is 0. The van der Waals surface area contributed by atoms with E-state index in [1.165, 1.54) is 0 Å². The summed E-state index contributed by atoms with van der Waals surface area (Å²) in [6.07, 6.45) is 1.25. The highest BCUT2D eigenvalue weighted by Crippen LogP contribution is 2.37. The Morgan fingerprint density at radius 1 is 0.833 bits per heavy atom. The minimum absolute atomic E-state index is 0.137. The van der Waals surface area contributed by atoms with Crippen molar-refractivity contribution in [1.82, 2.24) is 4.90 Å². The van der Waals surface area contributed by atoms with Crippen LogP contribution in [0.15, 0.2) is 91.0 Å². The van der Waals surface area contributed by atoms with Crippen molar-refractivity contribution in [1.29, 1.82) is 0 Å². The van der Waals surface area contributed by atoms with Gasteiger partial charge in [-0.15, -0.1) is 0 Å². The zero-order valence-corrected chi connectivity index (χ0v) is 20.6. The Morgan fingerprint density at radius 3 is 1.83 bits per heavy atom. The summed E-state index contributed by atoms with van der Waals surface area (Å²) in [5, 5.41) is 11.5. The first-order valence-corrected chi connectivity index (χ1v) is 12.5. The first-order valence-electron chi connectivity index (χ1n) is 12.5. The number of rotatable bonds is 9. The van der Waals surface area contributed by atoms with E-state index in [0.29, 0.717) is 50.2 Å². The molecule has 1 aliphatic rings. The minimum Gasteiger partial charge on any atom is -0.465 e. The summed E-state index contributed by atoms with van der Waals surface area (Å²) in [5.41, 5.74) is -0.657. The quantitative estimate of drug-likeness (QED) is 0.459. The largest absolute Gasteiger partial charge is 0.465 e. The van der Waals surface area contributed by atoms with Gasteiger partial charge in [0.2, 0.25) is 5.60 Å². The van der Waals surface area contributed by atoms with Crippen molar-refractivity contribution in [2.45, 2.75) is 30.8 Å². The Bertz CT molecular complexity index is 1090. The molecule has 0 aliphatic carbocycles. The van der Waals surface area contributed by atoms with Crippen molar-refractivity contribution in [3.8, 4) is 0 Å². The monoisotopic (exact) mass is 487 g/mol. The van der Waals surface area contributed by atoms with Gasteiger partial charge in [0.1, 0.15) is 6.61 Å². The van der Waals surface area contributed by atoms with Gasteiger partial charge in [-0.3, -0.25) is 9.69 Å². The molecular formula is C30H33NO5. The molecule has 4 rings (SSSR count). The smallest absolute Gasteiger partial charge is 0.347 e. The van der Waals surface area contributed by atoms with E-state index in [2.05, 4.69) is 4.90 Å². The fourth-order valence-electron chi connectivity index (χ4n) is 4.93. The molecule has 0 bridgehead atoms. The van der Waals surface area contributed by atoms with Crippen molar-refractivity contribution in [3.05, 3.63) is 108 Å². The van der Waals surface area contributed by atoms with Crippen molar-refractivity contribution in [2.24, 2.45) is 0 Å². The number of likely N-dealkylation sites (tertiary alicyclic amines) is 1. The second-order valence-electron chi connectivity index (χ2n) is 9.09. The van der Waals surface area contributed by atoms with Crippen LogP contribution in [0.3, 0.4) is 0 Å². The maximum Gasteiger partial charge on any atom is 0.347 e. The van der Waals surface area contributed by atoms with Crippen molar-refractivity contribution in [2.75, 3.05) is 32.8 Å². The summed E-state index contributed by atoms with van der Waals surface area (Å²) in [6.45, 7) is 4.17. The van der Waals surface area contributed by atoms with Crippen LogP contribution in [0.1, 0.15) is 36.5 Å². The molecule has 0 amide bonds. The van der Waals surface area contributed by atoms with Crippen LogP contribution in [0.25, 0.3) is 0 Å². The van der Waals surface area contributed by atoms with Gasteiger partial charge < -0.3 is 14.6 Å². The van der Waals surface area contributed by atoms with Gasteiger partial charge in [-0.1, -0.05) is 91.0 Å². The summed E-state index contributed by atoms with van der Waals surface area (Å²) >= 11 is 0. The Kier molecular flexibility index (Phi) is 8.18. The second kappa shape index (κ2) is 11.5. The lowest BCUT2D eigenvalue weighted by Crippen LogP contribution is -2.49. The van der Waals surface area contributed by atoms with Crippen LogP contribution in [-0.2, 0) is 30.1 Å². The number of hydrogen-bond donors (Lipinski definition) is 1. The normalized spacial score (nSPS) is 15.7. The molecule has 0 aromatic heterocycles. The average Bonchev–Trinajstić information content (AvgIpc) is 2.94. The molecule has 36 heavy (non-hydrogen) atoms. The average molecular weight is 488 g/mol. The van der Waals surface area contributed by atoms with E-state index in [1.54, 1.807) is 48.5 Å². The standard InChI is InChI=1S/C30H33NO5/c1-2-35-27(32)29(24-12-6-3-7-13-24)18-20-31(21-19-29)22-23-36-28(33)30(34,25-14-8-4-9-15-25)26-16-10-5-11-17-26/h3-17,34H,2,18-23H2,1H3. The molecule has 188 valence electrons. The number of piperidine rings is 1. The fraction of sp³-hybridized carbons (Fsp3) is 0.333. The molecular weight excluding hydrogens is 454 g/mol. The number of benzene rings is 3. The van der Waals surface area contributed by atoms with Gasteiger partial charge >= 0.3 is 11.9 Å². The lowest BCUT2D eigenvalue weighted by Gasteiger charge is -2.40. The number of esters is 2. The number of carbonyl (C=O) groups excluding carboxylic acids is 2. The van der Waals surface area contributed by atoms with E-state index in [0.717, 1.165) is 5.56 Å². The van der Waals surface area contributed by atoms with Crippen LogP contribution in [0, 0.1) is 0 Å². The summed E-state index contributed by atoms with van der Waals surface area (Å²) in [5.74, 6) is -0.889. The Balaban J connectivity index is 1.40. The summed E-state index contributed by atoms with van der Waals surface area (Å²) < 4.78 is 11.1. The van der Waals surface area contributed by atoms with Crippen LogP contribution in [0.5, 0.6) is 0 Å². The maximum atomic E-state index is 13.2. The zero-order chi connectivity index (χ0) is 25.4. The predicted molar refractivity (Wildman–Crippen MR) is 137 cm³/mol. The topological polar surface area (TPSA) is 76.1 Å². The van der Waals surface area contributed by atoms with Gasteiger partial charge in [0.15, 0.2) is 0 Å². The number of hydrogen-bond acceptors (Lipinski definition) is 6. The highest BCUT2D eigenvalue weighted by molar-refractivity contribution is 5.85. The highest BCUT2D eigenvalue weighted by atomic mass is 16.6. The van der Waals surface area contributed by atoms with Crippen molar-refractivity contribution >= 4 is 11.9 Å². The third-order valence-electron chi connectivity index (χ3n) is 7.02. The Hall–Kier alpha value is -3.48. The lowest BCUT2D eigenvalue weighted by molar-refractivity contribution is -0.162. The molecule has 1 aliphatic heterocycles. The van der Waals surface area contributed by atoms with E-state index in [4.69, 9.17) is 9.47 Å². The van der Waals surface area contributed by atoms with E-state index >= 15 is 0 Å². The molecule has 0 atom stereocenters. The third-order valence-corrected chi connectivity index (χ3v) is 7.02. The molecule has 6 heteroatoms. The molecule has 3 aromatic rings. The number of carbonyl (C=O) groups is 2. The Labute approximate surface area is 212 Å². The molecule has 0 spiro atoms. The maximum absolute atomic E-state index is 13.2. The molecule has 1 N–H and O–H groups in total. The molecule has 1 saturated heterocycles. The summed E-state index contributed by atoms with van der Waals surface area (Å²) in [4.78, 5) is 28.4. The van der Waals surface area contributed by atoms with Crippen LogP contribution in [-0.4, -0.2) is 54.8 Å². The molecule has 0 unspecified atom stereocenters. The van der Waals surface area contributed by atoms with Crippen LogP contribution in [0.4, 0.5) is 0 Å². The first-order chi connectivity index (χ1) is 17.5.